The Morgan fingerprint density at radius 1 is 0.658 bits per heavy atom. The summed E-state index contributed by atoms with van der Waals surface area (Å²) < 4.78 is 71.2. The van der Waals surface area contributed by atoms with Gasteiger partial charge in [0.25, 0.3) is 0 Å². The van der Waals surface area contributed by atoms with E-state index in [0.29, 0.717) is 9.49 Å². The Labute approximate surface area is 266 Å². The molecule has 38 heavy (non-hydrogen) atoms. The molecule has 11 heteroatoms. The van der Waals surface area contributed by atoms with E-state index in [-0.39, 0.29) is 29.6 Å². The van der Waals surface area contributed by atoms with Gasteiger partial charge in [-0.1, -0.05) is 50.7 Å². The summed E-state index contributed by atoms with van der Waals surface area (Å²) >= 11 is 5.46. The van der Waals surface area contributed by atoms with Crippen LogP contribution in [0.5, 0.6) is 5.75 Å². The van der Waals surface area contributed by atoms with Crippen LogP contribution in [-0.4, -0.2) is 21.4 Å². The fourth-order valence-electron chi connectivity index (χ4n) is 6.57. The monoisotopic (exact) mass is 895 g/mol. The third-order valence-electron chi connectivity index (χ3n) is 8.36. The summed E-state index contributed by atoms with van der Waals surface area (Å²) in [5, 5.41) is 0. The average Bonchev–Trinajstić information content (AvgIpc) is 3.63. The molecule has 2 aromatic carbocycles. The van der Waals surface area contributed by atoms with Gasteiger partial charge in [0.05, 0.1) is 12.0 Å². The smallest absolute Gasteiger partial charge is 0.339 e. The Kier molecular flexibility index (Phi) is 9.31. The van der Waals surface area contributed by atoms with Crippen molar-refractivity contribution in [1.29, 1.82) is 0 Å². The van der Waals surface area contributed by atoms with Crippen molar-refractivity contribution < 1.29 is 25.6 Å². The summed E-state index contributed by atoms with van der Waals surface area (Å²) in [6.07, 6.45) is 12.8. The van der Waals surface area contributed by atoms with Gasteiger partial charge in [-0.15, -0.1) is 0 Å². The molecule has 0 aromatic heterocycles. The van der Waals surface area contributed by atoms with E-state index < -0.39 is 25.1 Å². The minimum atomic E-state index is -4.82. The highest BCUT2D eigenvalue weighted by Crippen LogP contribution is 2.48. The van der Waals surface area contributed by atoms with Crippen LogP contribution in [0.3, 0.4) is 0 Å². The minimum Gasteiger partial charge on any atom is -0.744 e. The summed E-state index contributed by atoms with van der Waals surface area (Å²) in [6.45, 7) is 0. The number of hydrogen-bond acceptors (Lipinski definition) is 6. The molecule has 6 nitrogen and oxygen atoms in total. The van der Waals surface area contributed by atoms with Gasteiger partial charge in [0.2, 0.25) is 0 Å². The minimum absolute atomic E-state index is 0.00452. The molecule has 3 saturated carbocycles. The van der Waals surface area contributed by atoms with E-state index in [4.69, 9.17) is 4.18 Å². The van der Waals surface area contributed by atoms with Crippen molar-refractivity contribution in [2.45, 2.75) is 105 Å². The molecule has 0 bridgehead atoms. The van der Waals surface area contributed by atoms with Crippen LogP contribution in [0, 0.1) is 10.7 Å². The van der Waals surface area contributed by atoms with Crippen LogP contribution in [0.2, 0.25) is 0 Å². The maximum Gasteiger partial charge on any atom is 0.339 e. The first-order valence-corrected chi connectivity index (χ1v) is 19.3. The normalized spacial score (nSPS) is 20.0. The second-order valence-electron chi connectivity index (χ2n) is 10.8. The van der Waals surface area contributed by atoms with Gasteiger partial charge in [-0.2, -0.15) is 8.42 Å². The van der Waals surface area contributed by atoms with Crippen molar-refractivity contribution in [2.24, 2.45) is 0 Å². The molecule has 0 heterocycles. The first-order chi connectivity index (χ1) is 18.0. The molecule has 0 radical (unpaired) electrons. The third-order valence-corrected chi connectivity index (χ3v) is 14.1. The molecule has 5 rings (SSSR count). The second-order valence-corrected chi connectivity index (χ2v) is 17.0. The summed E-state index contributed by atoms with van der Waals surface area (Å²) in [5.74, 6) is 0.709. The van der Waals surface area contributed by atoms with Crippen molar-refractivity contribution in [3.8, 4) is 5.75 Å². The Morgan fingerprint density at radius 2 is 1.11 bits per heavy atom. The first-order valence-electron chi connectivity index (χ1n) is 13.2. The van der Waals surface area contributed by atoms with Crippen LogP contribution in [-0.2, 0) is 20.2 Å². The lowest BCUT2D eigenvalue weighted by Crippen LogP contribution is -2.20. The number of rotatable bonds is 7. The van der Waals surface area contributed by atoms with E-state index in [9.17, 15) is 21.4 Å². The van der Waals surface area contributed by atoms with E-state index in [1.54, 1.807) is 45.2 Å². The maximum atomic E-state index is 14.3. The van der Waals surface area contributed by atoms with Gasteiger partial charge in [0.15, 0.2) is 5.75 Å². The summed E-state index contributed by atoms with van der Waals surface area (Å²) in [7, 11) is -9.14. The molecule has 0 amide bonds. The molecule has 0 aliphatic heterocycles. The van der Waals surface area contributed by atoms with Crippen LogP contribution >= 0.6 is 67.8 Å². The molecule has 3 aliphatic rings. The molecule has 208 valence electrons. The maximum absolute atomic E-state index is 14.3. The SMILES string of the molecule is O=S(=O)([O-])c1c(I)cc(I)c(OS(=O)(=O)c2c(C3CCCC3)cc(C3CCCC3)cc2C2CCCC2)c1I. The predicted octanol–water partition coefficient (Wildman–Crippen LogP) is 8.15. The van der Waals surface area contributed by atoms with Gasteiger partial charge in [-0.25, -0.2) is 8.42 Å². The van der Waals surface area contributed by atoms with Crippen LogP contribution in [0.25, 0.3) is 0 Å². The Bertz CT molecular complexity index is 1400. The molecule has 3 fully saturated rings. The zero-order chi connectivity index (χ0) is 27.2. The number of hydrogen-bond donors (Lipinski definition) is 0. The van der Waals surface area contributed by atoms with Gasteiger partial charge in [-0.3, -0.25) is 0 Å². The molecule has 0 saturated heterocycles. The van der Waals surface area contributed by atoms with Gasteiger partial charge in [0, 0.05) is 3.57 Å². The molecular formula is C27H30I3O6S2-. The molecule has 0 spiro atoms. The van der Waals surface area contributed by atoms with E-state index in [2.05, 4.69) is 12.1 Å². The molecule has 0 N–H and O–H groups in total. The highest BCUT2D eigenvalue weighted by atomic mass is 127. The first kappa shape index (κ1) is 29.8. The molecular weight excluding hydrogens is 865 g/mol. The quantitative estimate of drug-likeness (QED) is 0.158. The van der Waals surface area contributed by atoms with Crippen LogP contribution in [0.1, 0.15) is 111 Å². The Hall–Kier alpha value is 0.290. The van der Waals surface area contributed by atoms with Crippen molar-refractivity contribution in [3.05, 3.63) is 45.6 Å². The van der Waals surface area contributed by atoms with Crippen LogP contribution in [0.15, 0.2) is 28.0 Å². The molecule has 0 atom stereocenters. The van der Waals surface area contributed by atoms with Gasteiger partial charge >= 0.3 is 10.1 Å². The number of benzene rings is 2. The fraction of sp³-hybridized carbons (Fsp3) is 0.556. The average molecular weight is 895 g/mol. The fourth-order valence-corrected chi connectivity index (χ4v) is 14.2. The summed E-state index contributed by atoms with van der Waals surface area (Å²) in [5.41, 5.74) is 3.02. The van der Waals surface area contributed by atoms with E-state index in [1.165, 1.54) is 24.5 Å². The van der Waals surface area contributed by atoms with Crippen LogP contribution < -0.4 is 4.18 Å². The van der Waals surface area contributed by atoms with E-state index in [1.807, 2.05) is 22.6 Å². The Balaban J connectivity index is 1.70. The van der Waals surface area contributed by atoms with Crippen molar-refractivity contribution >= 4 is 88.0 Å². The number of halogens is 3. The largest absolute Gasteiger partial charge is 0.744 e. The predicted molar refractivity (Wildman–Crippen MR) is 170 cm³/mol. The van der Waals surface area contributed by atoms with Gasteiger partial charge < -0.3 is 8.74 Å². The molecule has 2 aromatic rings. The standard InChI is InChI=1S/C27H31I3O6S2/c28-22-15-23(29)27(37(31,32)33)24(30)25(22)36-38(34,35)26-20(17-9-3-4-10-17)13-19(16-7-1-2-8-16)14-21(26)18-11-5-6-12-18/h13-18H,1-12H2,(H,31,32,33)/p-1. The highest BCUT2D eigenvalue weighted by molar-refractivity contribution is 14.1. The van der Waals surface area contributed by atoms with Crippen molar-refractivity contribution in [2.75, 3.05) is 0 Å². The second kappa shape index (κ2) is 11.9. The van der Waals surface area contributed by atoms with Gasteiger partial charge in [0.1, 0.15) is 15.0 Å². The van der Waals surface area contributed by atoms with Gasteiger partial charge in [-0.05, 0) is 147 Å². The lowest BCUT2D eigenvalue weighted by Gasteiger charge is -2.26. The molecule has 0 unspecified atom stereocenters. The van der Waals surface area contributed by atoms with E-state index >= 15 is 0 Å². The van der Waals surface area contributed by atoms with Crippen molar-refractivity contribution in [1.82, 2.24) is 0 Å². The lowest BCUT2D eigenvalue weighted by atomic mass is 9.85. The highest BCUT2D eigenvalue weighted by Gasteiger charge is 2.36. The summed E-state index contributed by atoms with van der Waals surface area (Å²) in [6, 6.07) is 5.79. The lowest BCUT2D eigenvalue weighted by molar-refractivity contribution is 0.456. The topological polar surface area (TPSA) is 101 Å². The third kappa shape index (κ3) is 6.07. The zero-order valence-electron chi connectivity index (χ0n) is 20.8. The van der Waals surface area contributed by atoms with Crippen molar-refractivity contribution in [3.63, 3.8) is 0 Å². The molecule has 3 aliphatic carbocycles. The van der Waals surface area contributed by atoms with E-state index in [0.717, 1.165) is 75.3 Å². The Morgan fingerprint density at radius 3 is 1.55 bits per heavy atom. The zero-order valence-corrected chi connectivity index (χ0v) is 29.0. The van der Waals surface area contributed by atoms with Crippen LogP contribution in [0.4, 0.5) is 0 Å². The summed E-state index contributed by atoms with van der Waals surface area (Å²) in [4.78, 5) is -0.150.